The maximum atomic E-state index is 12.1. The van der Waals surface area contributed by atoms with E-state index in [1.54, 1.807) is 60.7 Å². The van der Waals surface area contributed by atoms with Gasteiger partial charge in [-0.3, -0.25) is 14.4 Å². The molecule has 0 saturated carbocycles. The summed E-state index contributed by atoms with van der Waals surface area (Å²) in [4.78, 5) is 45.3. The fraction of sp³-hybridized carbons (Fsp3) is 0.0345. The number of phenols is 1. The van der Waals surface area contributed by atoms with E-state index < -0.39 is 5.97 Å². The second-order valence-corrected chi connectivity index (χ2v) is 7.05. The summed E-state index contributed by atoms with van der Waals surface area (Å²) in [6.07, 6.45) is 0. The number of nitrogens with zero attached hydrogens (tertiary/aromatic N) is 1. The molecular weight excluding hydrogens is 579 g/mol. The summed E-state index contributed by atoms with van der Waals surface area (Å²) in [6.45, 7) is 0.398. The normalized spacial score (nSPS) is 10.6. The van der Waals surface area contributed by atoms with Crippen molar-refractivity contribution >= 4 is 29.9 Å². The van der Waals surface area contributed by atoms with Gasteiger partial charge in [0.25, 0.3) is 18.3 Å². The van der Waals surface area contributed by atoms with Gasteiger partial charge in [0.2, 0.25) is 0 Å². The maximum absolute atomic E-state index is 12.1. The van der Waals surface area contributed by atoms with E-state index in [2.05, 4.69) is 16.9 Å². The minimum atomic E-state index is -0.899. The van der Waals surface area contributed by atoms with Gasteiger partial charge >= 0.3 is 5.97 Å². The smallest absolute Gasteiger partial charge is 0.311 e. The first-order valence-electron chi connectivity index (χ1n) is 10.9. The molecule has 0 aliphatic carbocycles. The Bertz CT molecular complexity index is 1310. The van der Waals surface area contributed by atoms with Gasteiger partial charge in [-0.15, -0.1) is 12.1 Å². The summed E-state index contributed by atoms with van der Waals surface area (Å²) in [5.41, 5.74) is 1.58. The van der Waals surface area contributed by atoms with Gasteiger partial charge in [-0.2, -0.15) is 48.5 Å². The molecule has 1 aliphatic rings. The van der Waals surface area contributed by atoms with E-state index in [0.29, 0.717) is 34.6 Å². The van der Waals surface area contributed by atoms with Crippen molar-refractivity contribution in [3.63, 3.8) is 0 Å². The number of hydrogen-bond acceptors (Lipinski definition) is 7. The molecule has 1 radical (unpaired) electrons. The van der Waals surface area contributed by atoms with Crippen LogP contribution in [0.4, 0.5) is 5.69 Å². The number of rotatable bonds is 4. The largest absolute Gasteiger partial charge is 0.508 e. The standard InChI is InChI=1S/C14H9NO3.2C7H5O2.CH4O.Y/c16-10-7-5-9(6-8-10)15-13(17)11-3-1-2-4-12(11)14(15)18;8-6-9-7-4-2-1-3-5-7;8-7(9)6-4-2-1-3-5-6;1-2;/h1-8,16H;2-6H;2-5H,(H,8,9);2H,1H3;/q;2*-1;;. The molecule has 10 heteroatoms. The molecule has 2 amide bonds. The van der Waals surface area contributed by atoms with Crippen molar-refractivity contribution < 1.29 is 71.9 Å². The van der Waals surface area contributed by atoms with Crippen LogP contribution >= 0.6 is 0 Å². The molecule has 4 aromatic rings. The number of fused-ring (bicyclic) bond motifs is 1. The molecule has 3 N–H and O–H groups in total. The topological polar surface area (TPSA) is 141 Å². The second kappa shape index (κ2) is 17.4. The van der Waals surface area contributed by atoms with Gasteiger partial charge in [0.15, 0.2) is 0 Å². The summed E-state index contributed by atoms with van der Waals surface area (Å²) in [5, 5.41) is 24.6. The number of hydrogen-bond donors (Lipinski definition) is 3. The Morgan fingerprint density at radius 2 is 1.26 bits per heavy atom. The molecular formula is C29H23NO8Y-2. The number of carboxylic acids is 1. The van der Waals surface area contributed by atoms with Crippen molar-refractivity contribution in [1.29, 1.82) is 0 Å². The number of aromatic hydroxyl groups is 1. The van der Waals surface area contributed by atoms with Crippen molar-refractivity contribution in [3.8, 4) is 11.5 Å². The zero-order valence-electron chi connectivity index (χ0n) is 20.7. The molecule has 0 saturated heterocycles. The van der Waals surface area contributed by atoms with Crippen LogP contribution in [-0.2, 0) is 37.5 Å². The van der Waals surface area contributed by atoms with Gasteiger partial charge < -0.3 is 20.1 Å². The Morgan fingerprint density at radius 1 is 0.795 bits per heavy atom. The van der Waals surface area contributed by atoms with Gasteiger partial charge in [0, 0.05) is 45.6 Å². The molecule has 4 aromatic carbocycles. The van der Waals surface area contributed by atoms with Gasteiger partial charge in [-0.25, -0.2) is 9.69 Å². The Balaban J connectivity index is 0.000000308. The third kappa shape index (κ3) is 9.57. The van der Waals surface area contributed by atoms with Crippen molar-refractivity contribution in [1.82, 2.24) is 0 Å². The zero-order valence-corrected chi connectivity index (χ0v) is 23.6. The summed E-state index contributed by atoms with van der Waals surface area (Å²) >= 11 is 0. The second-order valence-electron chi connectivity index (χ2n) is 7.05. The van der Waals surface area contributed by atoms with Crippen LogP contribution in [0.5, 0.6) is 11.5 Å². The number of benzene rings is 4. The van der Waals surface area contributed by atoms with Crippen molar-refractivity contribution in [2.45, 2.75) is 0 Å². The number of carboxylic acid groups (broad SMARTS) is 1. The molecule has 1 heterocycles. The molecule has 5 rings (SSSR count). The summed E-state index contributed by atoms with van der Waals surface area (Å²) in [5.74, 6) is -0.925. The van der Waals surface area contributed by atoms with Crippen LogP contribution in [0, 0.1) is 12.1 Å². The molecule has 0 aromatic heterocycles. The number of aromatic carboxylic acids is 1. The number of aliphatic hydroxyl groups excluding tert-OH is 1. The summed E-state index contributed by atoms with van der Waals surface area (Å²) in [7, 11) is 1.00. The number of carbonyl (C=O) groups is 4. The van der Waals surface area contributed by atoms with Crippen LogP contribution in [0.1, 0.15) is 31.1 Å². The average molecular weight is 602 g/mol. The Labute approximate surface area is 250 Å². The van der Waals surface area contributed by atoms with E-state index in [9.17, 15) is 24.3 Å². The molecule has 9 nitrogen and oxygen atoms in total. The molecule has 39 heavy (non-hydrogen) atoms. The number of imide groups is 1. The molecule has 0 unspecified atom stereocenters. The number of aliphatic hydroxyl groups is 1. The number of amides is 2. The van der Waals surface area contributed by atoms with Crippen molar-refractivity contribution in [2.75, 3.05) is 12.0 Å². The van der Waals surface area contributed by atoms with E-state index in [-0.39, 0.29) is 50.3 Å². The molecule has 1 aliphatic heterocycles. The Morgan fingerprint density at radius 3 is 1.67 bits per heavy atom. The number of carbonyl (C=O) groups excluding carboxylic acids is 3. The van der Waals surface area contributed by atoms with Crippen LogP contribution in [0.25, 0.3) is 0 Å². The molecule has 0 bridgehead atoms. The molecule has 197 valence electrons. The van der Waals surface area contributed by atoms with E-state index in [1.807, 2.05) is 0 Å². The van der Waals surface area contributed by atoms with E-state index in [1.165, 1.54) is 36.4 Å². The maximum Gasteiger partial charge on any atom is 0.311 e. The fourth-order valence-corrected chi connectivity index (χ4v) is 3.06. The quantitative estimate of drug-likeness (QED) is 0.181. The molecule has 0 fully saturated rings. The first-order chi connectivity index (χ1) is 18.4. The van der Waals surface area contributed by atoms with Gasteiger partial charge in [0.1, 0.15) is 5.75 Å². The van der Waals surface area contributed by atoms with E-state index in [4.69, 9.17) is 10.2 Å². The van der Waals surface area contributed by atoms with Gasteiger partial charge in [-0.05, 0) is 42.0 Å². The first-order valence-corrected chi connectivity index (χ1v) is 10.9. The van der Waals surface area contributed by atoms with Gasteiger partial charge in [-0.1, -0.05) is 12.1 Å². The van der Waals surface area contributed by atoms with Crippen molar-refractivity contribution in [2.24, 2.45) is 0 Å². The first kappa shape index (κ1) is 32.9. The Hall–Kier alpha value is -4.18. The average Bonchev–Trinajstić information content (AvgIpc) is 3.22. The van der Waals surface area contributed by atoms with Gasteiger partial charge in [0.05, 0.1) is 16.8 Å². The summed E-state index contributed by atoms with van der Waals surface area (Å²) in [6, 6.07) is 31.0. The number of phenolic OH excluding ortho intramolecular Hbond substituents is 1. The minimum absolute atomic E-state index is 0. The monoisotopic (exact) mass is 602 g/mol. The zero-order chi connectivity index (χ0) is 27.9. The third-order valence-corrected chi connectivity index (χ3v) is 4.74. The summed E-state index contributed by atoms with van der Waals surface area (Å²) < 4.78 is 4.51. The minimum Gasteiger partial charge on any atom is -0.508 e. The van der Waals surface area contributed by atoms with Crippen molar-refractivity contribution in [3.05, 3.63) is 126 Å². The number of anilines is 1. The van der Waals surface area contributed by atoms with Crippen LogP contribution in [0.2, 0.25) is 0 Å². The fourth-order valence-electron chi connectivity index (χ4n) is 3.06. The predicted molar refractivity (Wildman–Crippen MR) is 138 cm³/mol. The Kier molecular flexibility index (Phi) is 14.6. The number of ether oxygens (including phenoxy) is 1. The SMILES string of the molecule is CO.O=C(O)c1cc[c-]cc1.O=C1c2ccccc2C(=O)N1c1ccc(O)cc1.O=COc1cc[c-]cc1.[Y]. The third-order valence-electron chi connectivity index (χ3n) is 4.74. The molecule has 0 spiro atoms. The van der Waals surface area contributed by atoms with Crippen LogP contribution < -0.4 is 9.64 Å². The molecule has 0 atom stereocenters. The van der Waals surface area contributed by atoms with E-state index in [0.717, 1.165) is 12.0 Å². The predicted octanol–water partition coefficient (Wildman–Crippen LogP) is 4.01. The van der Waals surface area contributed by atoms with Crippen LogP contribution in [-0.4, -0.2) is 46.7 Å². The van der Waals surface area contributed by atoms with Crippen LogP contribution in [0.15, 0.2) is 97.1 Å². The van der Waals surface area contributed by atoms with Crippen LogP contribution in [0.3, 0.4) is 0 Å². The van der Waals surface area contributed by atoms with E-state index >= 15 is 0 Å².